The fraction of sp³-hybridized carbons (Fsp3) is 0.312. The number of aliphatic hydroxyl groups excluding tert-OH is 1. The summed E-state index contributed by atoms with van der Waals surface area (Å²) in [7, 11) is 0. The minimum Gasteiger partial charge on any atom is -0.511 e. The first-order valence-electron chi connectivity index (χ1n) is 6.85. The topological polar surface area (TPSA) is 83.5 Å². The van der Waals surface area contributed by atoms with Crippen molar-refractivity contribution in [2.45, 2.75) is 32.1 Å². The maximum atomic E-state index is 12.1. The molecule has 0 saturated heterocycles. The van der Waals surface area contributed by atoms with Crippen LogP contribution in [0.3, 0.4) is 0 Å². The molecule has 1 aromatic rings. The van der Waals surface area contributed by atoms with Crippen molar-refractivity contribution in [2.75, 3.05) is 5.32 Å². The van der Waals surface area contributed by atoms with Crippen molar-refractivity contribution < 1.29 is 19.5 Å². The van der Waals surface area contributed by atoms with E-state index in [1.807, 2.05) is 0 Å². The Morgan fingerprint density at radius 1 is 1.24 bits per heavy atom. The Morgan fingerprint density at radius 3 is 2.29 bits per heavy atom. The highest BCUT2D eigenvalue weighted by Gasteiger charge is 2.33. The lowest BCUT2D eigenvalue weighted by Gasteiger charge is -2.23. The van der Waals surface area contributed by atoms with Crippen molar-refractivity contribution in [3.8, 4) is 0 Å². The van der Waals surface area contributed by atoms with Gasteiger partial charge in [-0.3, -0.25) is 14.4 Å². The Morgan fingerprint density at radius 2 is 1.81 bits per heavy atom. The Bertz CT molecular complexity index is 581. The molecule has 0 aromatic heterocycles. The summed E-state index contributed by atoms with van der Waals surface area (Å²) < 4.78 is 0. The van der Waals surface area contributed by atoms with Crippen LogP contribution in [0, 0.1) is 0 Å². The molecule has 0 atom stereocenters. The third-order valence-corrected chi connectivity index (χ3v) is 3.65. The molecular formula is C16H17NO4. The van der Waals surface area contributed by atoms with Crippen LogP contribution in [0.15, 0.2) is 35.6 Å². The van der Waals surface area contributed by atoms with E-state index in [2.05, 4.69) is 5.32 Å². The smallest absolute Gasteiger partial charge is 0.211 e. The summed E-state index contributed by atoms with van der Waals surface area (Å²) in [6, 6.07) is 7.05. The van der Waals surface area contributed by atoms with E-state index >= 15 is 0 Å². The second-order valence-electron chi connectivity index (χ2n) is 5.01. The molecule has 1 aliphatic carbocycles. The number of anilines is 1. The highest BCUT2D eigenvalue weighted by atomic mass is 16.3. The Balaban J connectivity index is 2.19. The minimum absolute atomic E-state index is 0.0343. The average molecular weight is 287 g/mol. The second-order valence-corrected chi connectivity index (χ2v) is 5.01. The van der Waals surface area contributed by atoms with Gasteiger partial charge in [0.1, 0.15) is 5.76 Å². The van der Waals surface area contributed by atoms with Crippen LogP contribution in [0.5, 0.6) is 0 Å². The molecular weight excluding hydrogens is 270 g/mol. The van der Waals surface area contributed by atoms with Gasteiger partial charge in [0.15, 0.2) is 11.6 Å². The average Bonchev–Trinajstić information content (AvgIpc) is 2.47. The van der Waals surface area contributed by atoms with E-state index in [9.17, 15) is 19.5 Å². The van der Waals surface area contributed by atoms with Crippen LogP contribution in [-0.4, -0.2) is 23.1 Å². The third kappa shape index (κ3) is 3.18. The molecule has 0 spiro atoms. The normalized spacial score (nSPS) is 18.5. The van der Waals surface area contributed by atoms with Gasteiger partial charge in [-0.1, -0.05) is 19.1 Å². The molecule has 0 radical (unpaired) electrons. The first-order valence-corrected chi connectivity index (χ1v) is 6.85. The number of benzene rings is 1. The van der Waals surface area contributed by atoms with Crippen molar-refractivity contribution in [1.29, 1.82) is 0 Å². The summed E-state index contributed by atoms with van der Waals surface area (Å²) >= 11 is 0. The van der Waals surface area contributed by atoms with Crippen LogP contribution >= 0.6 is 0 Å². The molecule has 0 unspecified atom stereocenters. The zero-order valence-corrected chi connectivity index (χ0v) is 11.8. The van der Waals surface area contributed by atoms with E-state index in [1.165, 1.54) is 0 Å². The van der Waals surface area contributed by atoms with Gasteiger partial charge in [0.2, 0.25) is 6.41 Å². The fourth-order valence-electron chi connectivity index (χ4n) is 2.53. The molecule has 1 aliphatic rings. The predicted molar refractivity (Wildman–Crippen MR) is 78.1 cm³/mol. The van der Waals surface area contributed by atoms with E-state index in [4.69, 9.17) is 0 Å². The highest BCUT2D eigenvalue weighted by Crippen LogP contribution is 2.33. The number of hydrogen-bond acceptors (Lipinski definition) is 4. The van der Waals surface area contributed by atoms with Gasteiger partial charge in [0.25, 0.3) is 0 Å². The number of allylic oxidation sites excluding steroid dienone is 2. The lowest BCUT2D eigenvalue weighted by molar-refractivity contribution is -0.124. The number of aliphatic hydroxyl groups is 1. The molecule has 0 heterocycles. The summed E-state index contributed by atoms with van der Waals surface area (Å²) in [4.78, 5) is 34.5. The lowest BCUT2D eigenvalue weighted by atomic mass is 9.79. The molecule has 2 rings (SSSR count). The van der Waals surface area contributed by atoms with Gasteiger partial charge in [-0.25, -0.2) is 0 Å². The zero-order valence-electron chi connectivity index (χ0n) is 11.8. The Labute approximate surface area is 122 Å². The minimum atomic E-state index is -0.300. The van der Waals surface area contributed by atoms with Crippen molar-refractivity contribution in [3.63, 3.8) is 0 Å². The number of carbonyl (C=O) groups is 3. The first-order chi connectivity index (χ1) is 10.1. The van der Waals surface area contributed by atoms with Crippen LogP contribution in [0.1, 0.15) is 37.7 Å². The molecule has 110 valence electrons. The largest absolute Gasteiger partial charge is 0.511 e. The second kappa shape index (κ2) is 6.35. The van der Waals surface area contributed by atoms with Crippen LogP contribution in [0.25, 0.3) is 0 Å². The maximum absolute atomic E-state index is 12.1. The molecule has 5 heteroatoms. The predicted octanol–water partition coefficient (Wildman–Crippen LogP) is 2.49. The van der Waals surface area contributed by atoms with E-state index in [0.29, 0.717) is 12.1 Å². The van der Waals surface area contributed by atoms with Gasteiger partial charge >= 0.3 is 0 Å². The van der Waals surface area contributed by atoms with Gasteiger partial charge in [-0.15, -0.1) is 0 Å². The lowest BCUT2D eigenvalue weighted by Crippen LogP contribution is -2.26. The standard InChI is InChI=1S/C16H17NO4/c1-2-13(19)16-14(20)7-11(8-15(16)21)10-3-5-12(6-4-10)17-9-18/h3-6,9,11,19H,2,7-8H2,1H3,(H,17,18). The van der Waals surface area contributed by atoms with Gasteiger partial charge in [0, 0.05) is 24.9 Å². The molecule has 5 nitrogen and oxygen atoms in total. The van der Waals surface area contributed by atoms with Crippen LogP contribution in [-0.2, 0) is 14.4 Å². The van der Waals surface area contributed by atoms with E-state index < -0.39 is 0 Å². The molecule has 0 aliphatic heterocycles. The summed E-state index contributed by atoms with van der Waals surface area (Å²) in [5.74, 6) is -0.894. The number of amides is 1. The molecule has 1 amide bonds. The van der Waals surface area contributed by atoms with Crippen LogP contribution in [0.4, 0.5) is 5.69 Å². The Hall–Kier alpha value is -2.43. The zero-order chi connectivity index (χ0) is 15.4. The van der Waals surface area contributed by atoms with Crippen molar-refractivity contribution >= 4 is 23.7 Å². The number of hydrogen-bond donors (Lipinski definition) is 2. The van der Waals surface area contributed by atoms with Crippen molar-refractivity contribution in [3.05, 3.63) is 41.2 Å². The number of nitrogens with one attached hydrogen (secondary N) is 1. The highest BCUT2D eigenvalue weighted by molar-refractivity contribution is 6.22. The van der Waals surface area contributed by atoms with Gasteiger partial charge in [-0.2, -0.15) is 0 Å². The summed E-state index contributed by atoms with van der Waals surface area (Å²) in [5, 5.41) is 12.2. The van der Waals surface area contributed by atoms with Crippen molar-refractivity contribution in [2.24, 2.45) is 0 Å². The summed E-state index contributed by atoms with van der Waals surface area (Å²) in [6.45, 7) is 1.70. The van der Waals surface area contributed by atoms with Crippen molar-refractivity contribution in [1.82, 2.24) is 0 Å². The molecule has 1 aromatic carbocycles. The van der Waals surface area contributed by atoms with E-state index in [-0.39, 0.29) is 48.1 Å². The van der Waals surface area contributed by atoms with Crippen LogP contribution < -0.4 is 5.32 Å². The first kappa shape index (κ1) is 15.0. The van der Waals surface area contributed by atoms with E-state index in [1.54, 1.807) is 31.2 Å². The number of rotatable bonds is 4. The third-order valence-electron chi connectivity index (χ3n) is 3.65. The van der Waals surface area contributed by atoms with Gasteiger partial charge < -0.3 is 10.4 Å². The summed E-state index contributed by atoms with van der Waals surface area (Å²) in [5.41, 5.74) is 1.50. The van der Waals surface area contributed by atoms with Gasteiger partial charge in [0.05, 0.1) is 5.57 Å². The molecule has 0 bridgehead atoms. The van der Waals surface area contributed by atoms with Crippen LogP contribution in [0.2, 0.25) is 0 Å². The maximum Gasteiger partial charge on any atom is 0.211 e. The van der Waals surface area contributed by atoms with E-state index in [0.717, 1.165) is 5.56 Å². The molecule has 2 N–H and O–H groups in total. The number of ketones is 2. The monoisotopic (exact) mass is 287 g/mol. The summed E-state index contributed by atoms with van der Waals surface area (Å²) in [6.07, 6.45) is 1.30. The number of carbonyl (C=O) groups excluding carboxylic acids is 3. The fourth-order valence-corrected chi connectivity index (χ4v) is 2.53. The molecule has 1 saturated carbocycles. The van der Waals surface area contributed by atoms with Gasteiger partial charge in [-0.05, 0) is 23.6 Å². The molecule has 1 fully saturated rings. The molecule has 21 heavy (non-hydrogen) atoms. The Kier molecular flexibility index (Phi) is 4.52. The SMILES string of the molecule is CCC(O)=C1C(=O)CC(c2ccc(NC=O)cc2)CC1=O. The quantitative estimate of drug-likeness (QED) is 0.386. The number of Topliss-reactive ketones (excluding diaryl/α,β-unsaturated/α-hetero) is 2.